The summed E-state index contributed by atoms with van der Waals surface area (Å²) < 4.78 is 0. The van der Waals surface area contributed by atoms with Gasteiger partial charge in [0.25, 0.3) is 0 Å². The van der Waals surface area contributed by atoms with Crippen LogP contribution in [0.25, 0.3) is 0 Å². The van der Waals surface area contributed by atoms with E-state index in [0.717, 1.165) is 31.5 Å². The SMILES string of the molecule is CC(C)=CCNC(=O)C1(c2ccccc2)CCNCC1. The number of benzene rings is 1. The molecule has 1 aliphatic rings. The third-order valence-electron chi connectivity index (χ3n) is 3.99. The summed E-state index contributed by atoms with van der Waals surface area (Å²) in [4.78, 5) is 12.7. The van der Waals surface area contributed by atoms with Crippen LogP contribution >= 0.6 is 0 Å². The minimum Gasteiger partial charge on any atom is -0.352 e. The highest BCUT2D eigenvalue weighted by Gasteiger charge is 2.40. The van der Waals surface area contributed by atoms with Crippen molar-refractivity contribution in [3.8, 4) is 0 Å². The van der Waals surface area contributed by atoms with Crippen LogP contribution in [-0.2, 0) is 10.2 Å². The Balaban J connectivity index is 2.19. The quantitative estimate of drug-likeness (QED) is 0.826. The van der Waals surface area contributed by atoms with Crippen LogP contribution in [0.15, 0.2) is 42.0 Å². The summed E-state index contributed by atoms with van der Waals surface area (Å²) in [6.07, 6.45) is 3.77. The third kappa shape index (κ3) is 3.28. The highest BCUT2D eigenvalue weighted by Crippen LogP contribution is 2.33. The Morgan fingerprint density at radius 3 is 2.50 bits per heavy atom. The van der Waals surface area contributed by atoms with Gasteiger partial charge in [0.15, 0.2) is 0 Å². The van der Waals surface area contributed by atoms with Gasteiger partial charge < -0.3 is 10.6 Å². The van der Waals surface area contributed by atoms with E-state index in [2.05, 4.69) is 28.8 Å². The molecule has 1 aromatic carbocycles. The second-order valence-electron chi connectivity index (χ2n) is 5.69. The summed E-state index contributed by atoms with van der Waals surface area (Å²) in [7, 11) is 0. The zero-order valence-corrected chi connectivity index (χ0v) is 12.4. The van der Waals surface area contributed by atoms with Gasteiger partial charge in [-0.05, 0) is 45.3 Å². The standard InChI is InChI=1S/C17H24N2O/c1-14(2)8-11-19-16(20)17(9-12-18-13-10-17)15-6-4-3-5-7-15/h3-8,18H,9-13H2,1-2H3,(H,19,20). The van der Waals surface area contributed by atoms with Crippen LogP contribution in [0.1, 0.15) is 32.3 Å². The molecule has 0 unspecified atom stereocenters. The predicted octanol–water partition coefficient (Wildman–Crippen LogP) is 2.39. The van der Waals surface area contributed by atoms with Crippen molar-refractivity contribution in [2.75, 3.05) is 19.6 Å². The molecule has 2 rings (SSSR count). The molecule has 1 saturated heterocycles. The maximum Gasteiger partial charge on any atom is 0.231 e. The molecule has 1 aliphatic heterocycles. The average Bonchev–Trinajstić information content (AvgIpc) is 2.48. The van der Waals surface area contributed by atoms with Crippen LogP contribution in [-0.4, -0.2) is 25.5 Å². The van der Waals surface area contributed by atoms with Crippen LogP contribution in [0.3, 0.4) is 0 Å². The summed E-state index contributed by atoms with van der Waals surface area (Å²) in [6, 6.07) is 10.2. The van der Waals surface area contributed by atoms with E-state index in [1.54, 1.807) is 0 Å². The molecule has 1 heterocycles. The number of carbonyl (C=O) groups excluding carboxylic acids is 1. The van der Waals surface area contributed by atoms with Crippen LogP contribution in [0.5, 0.6) is 0 Å². The molecular formula is C17H24N2O. The molecule has 0 aromatic heterocycles. The molecule has 20 heavy (non-hydrogen) atoms. The first-order valence-electron chi connectivity index (χ1n) is 7.33. The molecule has 0 spiro atoms. The Labute approximate surface area is 121 Å². The van der Waals surface area contributed by atoms with Gasteiger partial charge in [0, 0.05) is 6.54 Å². The summed E-state index contributed by atoms with van der Waals surface area (Å²) >= 11 is 0. The Hall–Kier alpha value is -1.61. The van der Waals surface area contributed by atoms with E-state index in [-0.39, 0.29) is 11.3 Å². The van der Waals surface area contributed by atoms with E-state index in [4.69, 9.17) is 0 Å². The lowest BCUT2D eigenvalue weighted by Gasteiger charge is -2.36. The van der Waals surface area contributed by atoms with E-state index >= 15 is 0 Å². The Kier molecular flexibility index (Phi) is 4.96. The number of hydrogen-bond donors (Lipinski definition) is 2. The minimum absolute atomic E-state index is 0.155. The first kappa shape index (κ1) is 14.8. The minimum atomic E-state index is -0.373. The van der Waals surface area contributed by atoms with Gasteiger partial charge in [-0.3, -0.25) is 4.79 Å². The molecule has 0 saturated carbocycles. The molecule has 108 valence electrons. The number of piperidine rings is 1. The van der Waals surface area contributed by atoms with Gasteiger partial charge in [-0.15, -0.1) is 0 Å². The second kappa shape index (κ2) is 6.71. The van der Waals surface area contributed by atoms with Gasteiger partial charge in [0.2, 0.25) is 5.91 Å². The molecule has 0 atom stereocenters. The highest BCUT2D eigenvalue weighted by molar-refractivity contribution is 5.88. The second-order valence-corrected chi connectivity index (χ2v) is 5.69. The number of carbonyl (C=O) groups is 1. The van der Waals surface area contributed by atoms with Crippen molar-refractivity contribution in [2.45, 2.75) is 32.1 Å². The van der Waals surface area contributed by atoms with Crippen LogP contribution in [0, 0.1) is 0 Å². The first-order chi connectivity index (χ1) is 9.65. The van der Waals surface area contributed by atoms with E-state index in [9.17, 15) is 4.79 Å². The first-order valence-corrected chi connectivity index (χ1v) is 7.33. The summed E-state index contributed by atoms with van der Waals surface area (Å²) in [5.41, 5.74) is 1.99. The Bertz CT molecular complexity index is 469. The topological polar surface area (TPSA) is 41.1 Å². The zero-order chi connectivity index (χ0) is 14.4. The van der Waals surface area contributed by atoms with Crippen LogP contribution in [0.2, 0.25) is 0 Å². The fourth-order valence-corrected chi connectivity index (χ4v) is 2.77. The fraction of sp³-hybridized carbons (Fsp3) is 0.471. The van der Waals surface area contributed by atoms with Gasteiger partial charge in [-0.25, -0.2) is 0 Å². The van der Waals surface area contributed by atoms with Crippen molar-refractivity contribution < 1.29 is 4.79 Å². The number of amides is 1. The maximum absolute atomic E-state index is 12.7. The van der Waals surface area contributed by atoms with Crippen molar-refractivity contribution in [1.29, 1.82) is 0 Å². The van der Waals surface area contributed by atoms with E-state index in [1.807, 2.05) is 32.0 Å². The molecule has 0 radical (unpaired) electrons. The molecule has 1 amide bonds. The third-order valence-corrected chi connectivity index (χ3v) is 3.99. The monoisotopic (exact) mass is 272 g/mol. The van der Waals surface area contributed by atoms with Gasteiger partial charge in [-0.2, -0.15) is 0 Å². The van der Waals surface area contributed by atoms with Crippen molar-refractivity contribution in [3.63, 3.8) is 0 Å². The van der Waals surface area contributed by atoms with Gasteiger partial charge in [-0.1, -0.05) is 42.0 Å². The number of rotatable bonds is 4. The highest BCUT2D eigenvalue weighted by atomic mass is 16.2. The normalized spacial score (nSPS) is 17.3. The lowest BCUT2D eigenvalue weighted by Crippen LogP contribution is -2.50. The molecule has 0 bridgehead atoms. The average molecular weight is 272 g/mol. The molecule has 1 fully saturated rings. The molecule has 0 aliphatic carbocycles. The molecule has 3 heteroatoms. The number of hydrogen-bond acceptors (Lipinski definition) is 2. The van der Waals surface area contributed by atoms with Gasteiger partial charge >= 0.3 is 0 Å². The van der Waals surface area contributed by atoms with Crippen molar-refractivity contribution >= 4 is 5.91 Å². The van der Waals surface area contributed by atoms with Gasteiger partial charge in [0.05, 0.1) is 5.41 Å². The van der Waals surface area contributed by atoms with E-state index in [1.165, 1.54) is 5.57 Å². The summed E-state index contributed by atoms with van der Waals surface area (Å²) in [6.45, 7) is 6.49. The van der Waals surface area contributed by atoms with Crippen LogP contribution < -0.4 is 10.6 Å². The van der Waals surface area contributed by atoms with Crippen molar-refractivity contribution in [2.24, 2.45) is 0 Å². The lowest BCUT2D eigenvalue weighted by atomic mass is 9.72. The predicted molar refractivity (Wildman–Crippen MR) is 82.7 cm³/mol. The van der Waals surface area contributed by atoms with Gasteiger partial charge in [0.1, 0.15) is 0 Å². The Morgan fingerprint density at radius 2 is 1.90 bits per heavy atom. The number of nitrogens with one attached hydrogen (secondary N) is 2. The van der Waals surface area contributed by atoms with E-state index in [0.29, 0.717) is 6.54 Å². The molecular weight excluding hydrogens is 248 g/mol. The zero-order valence-electron chi connectivity index (χ0n) is 12.4. The van der Waals surface area contributed by atoms with Crippen LogP contribution in [0.4, 0.5) is 0 Å². The largest absolute Gasteiger partial charge is 0.352 e. The van der Waals surface area contributed by atoms with Crippen molar-refractivity contribution in [3.05, 3.63) is 47.5 Å². The maximum atomic E-state index is 12.7. The molecule has 3 nitrogen and oxygen atoms in total. The van der Waals surface area contributed by atoms with E-state index < -0.39 is 0 Å². The number of allylic oxidation sites excluding steroid dienone is 1. The lowest BCUT2D eigenvalue weighted by molar-refractivity contribution is -0.127. The summed E-state index contributed by atoms with van der Waals surface area (Å²) in [5.74, 6) is 0.155. The smallest absolute Gasteiger partial charge is 0.231 e. The summed E-state index contributed by atoms with van der Waals surface area (Å²) in [5, 5.41) is 6.43. The van der Waals surface area contributed by atoms with Crippen molar-refractivity contribution in [1.82, 2.24) is 10.6 Å². The molecule has 1 aromatic rings. The Morgan fingerprint density at radius 1 is 1.25 bits per heavy atom. The molecule has 2 N–H and O–H groups in total. The fourth-order valence-electron chi connectivity index (χ4n) is 2.77.